The molecule has 0 spiro atoms. The van der Waals surface area contributed by atoms with Gasteiger partial charge in [0, 0.05) is 18.7 Å². The summed E-state index contributed by atoms with van der Waals surface area (Å²) in [5.74, 6) is 0.0813. The van der Waals surface area contributed by atoms with Crippen LogP contribution in [0.15, 0.2) is 18.2 Å². The SMILES string of the molecule is CCCC(=O)C[C@H]1Cc2cccc(C(=O)OCC(C)CC)c2OB1O. The number of hydrogen-bond acceptors (Lipinski definition) is 5. The Balaban J connectivity index is 2.11. The Morgan fingerprint density at radius 3 is 2.84 bits per heavy atom. The maximum atomic E-state index is 12.4. The second-order valence-electron chi connectivity index (χ2n) is 6.87. The van der Waals surface area contributed by atoms with Crippen molar-refractivity contribution in [3.8, 4) is 5.75 Å². The second-order valence-corrected chi connectivity index (χ2v) is 6.87. The summed E-state index contributed by atoms with van der Waals surface area (Å²) in [5, 5.41) is 10.3. The van der Waals surface area contributed by atoms with Gasteiger partial charge >= 0.3 is 13.1 Å². The molecule has 0 bridgehead atoms. The van der Waals surface area contributed by atoms with Crippen molar-refractivity contribution in [3.05, 3.63) is 29.3 Å². The van der Waals surface area contributed by atoms with Gasteiger partial charge in [-0.1, -0.05) is 39.3 Å². The lowest BCUT2D eigenvalue weighted by Gasteiger charge is -2.28. The van der Waals surface area contributed by atoms with Crippen LogP contribution >= 0.6 is 0 Å². The quantitative estimate of drug-likeness (QED) is 0.577. The third-order valence-electron chi connectivity index (χ3n) is 4.66. The van der Waals surface area contributed by atoms with Gasteiger partial charge in [-0.2, -0.15) is 0 Å². The minimum atomic E-state index is -1.09. The Labute approximate surface area is 149 Å². The van der Waals surface area contributed by atoms with Crippen LogP contribution in [0.25, 0.3) is 0 Å². The summed E-state index contributed by atoms with van der Waals surface area (Å²) in [5.41, 5.74) is 1.16. The summed E-state index contributed by atoms with van der Waals surface area (Å²) >= 11 is 0. The van der Waals surface area contributed by atoms with E-state index in [-0.39, 0.29) is 18.0 Å². The molecular formula is C19H27BO5. The van der Waals surface area contributed by atoms with Crippen molar-refractivity contribution < 1.29 is 24.0 Å². The first-order valence-corrected chi connectivity index (χ1v) is 9.11. The standard InChI is InChI=1S/C19H27BO5/c1-4-7-16(21)11-15-10-14-8-6-9-17(18(14)25-20(15)23)19(22)24-12-13(3)5-2/h6,8-9,13,15,23H,4-5,7,10-12H2,1-3H3/t13?,15-/m1/s1. The molecule has 2 atom stereocenters. The van der Waals surface area contributed by atoms with E-state index >= 15 is 0 Å². The van der Waals surface area contributed by atoms with Crippen molar-refractivity contribution in [3.63, 3.8) is 0 Å². The number of Topliss-reactive ketones (excluding diaryl/α,β-unsaturated/α-hetero) is 1. The zero-order valence-electron chi connectivity index (χ0n) is 15.3. The zero-order chi connectivity index (χ0) is 18.4. The number of hydrogen-bond donors (Lipinski definition) is 1. The molecule has 0 saturated carbocycles. The molecule has 0 aromatic heterocycles. The average molecular weight is 346 g/mol. The molecule has 2 rings (SSSR count). The van der Waals surface area contributed by atoms with Gasteiger partial charge in [0.1, 0.15) is 17.1 Å². The molecule has 1 aliphatic rings. The Hall–Kier alpha value is -1.82. The van der Waals surface area contributed by atoms with Crippen LogP contribution in [-0.4, -0.2) is 30.5 Å². The summed E-state index contributed by atoms with van der Waals surface area (Å²) in [7, 11) is -1.09. The van der Waals surface area contributed by atoms with E-state index in [1.165, 1.54) is 0 Å². The molecule has 1 heterocycles. The van der Waals surface area contributed by atoms with Gasteiger partial charge in [0.2, 0.25) is 0 Å². The molecule has 1 aromatic carbocycles. The molecule has 5 nitrogen and oxygen atoms in total. The highest BCUT2D eigenvalue weighted by Crippen LogP contribution is 2.36. The first kappa shape index (κ1) is 19.5. The molecule has 1 unspecified atom stereocenters. The highest BCUT2D eigenvalue weighted by Gasteiger charge is 2.37. The largest absolute Gasteiger partial charge is 0.535 e. The number of benzene rings is 1. The number of carbonyl (C=O) groups excluding carboxylic acids is 2. The molecule has 0 radical (unpaired) electrons. The Bertz CT molecular complexity index is 616. The van der Waals surface area contributed by atoms with Gasteiger partial charge in [-0.3, -0.25) is 4.79 Å². The molecule has 0 amide bonds. The molecule has 6 heteroatoms. The maximum Gasteiger partial charge on any atom is 0.526 e. The van der Waals surface area contributed by atoms with Crippen molar-refractivity contribution in [1.82, 2.24) is 0 Å². The Morgan fingerprint density at radius 1 is 1.40 bits per heavy atom. The van der Waals surface area contributed by atoms with Gasteiger partial charge in [-0.25, -0.2) is 4.79 Å². The van der Waals surface area contributed by atoms with E-state index in [0.29, 0.717) is 36.7 Å². The molecule has 136 valence electrons. The molecular weight excluding hydrogens is 319 g/mol. The van der Waals surface area contributed by atoms with Gasteiger partial charge in [-0.05, 0) is 30.4 Å². The molecule has 1 N–H and O–H groups in total. The van der Waals surface area contributed by atoms with Crippen LogP contribution in [-0.2, 0) is 16.0 Å². The number of carbonyl (C=O) groups is 2. The van der Waals surface area contributed by atoms with Crippen LogP contribution in [0.2, 0.25) is 5.82 Å². The minimum absolute atomic E-state index is 0.128. The van der Waals surface area contributed by atoms with E-state index < -0.39 is 13.1 Å². The average Bonchev–Trinajstić information content (AvgIpc) is 2.59. The van der Waals surface area contributed by atoms with E-state index in [1.54, 1.807) is 12.1 Å². The van der Waals surface area contributed by atoms with E-state index in [2.05, 4.69) is 0 Å². The van der Waals surface area contributed by atoms with Crippen LogP contribution in [0.1, 0.15) is 62.4 Å². The van der Waals surface area contributed by atoms with Crippen LogP contribution in [0, 0.1) is 5.92 Å². The summed E-state index contributed by atoms with van der Waals surface area (Å²) in [6, 6.07) is 5.29. The first-order chi connectivity index (χ1) is 12.0. The topological polar surface area (TPSA) is 72.8 Å². The second kappa shape index (κ2) is 9.04. The van der Waals surface area contributed by atoms with Gasteiger partial charge < -0.3 is 14.4 Å². The van der Waals surface area contributed by atoms with Gasteiger partial charge in [0.15, 0.2) is 0 Å². The highest BCUT2D eigenvalue weighted by molar-refractivity contribution is 6.47. The molecule has 1 aromatic rings. The number of esters is 1. The van der Waals surface area contributed by atoms with Crippen molar-refractivity contribution >= 4 is 18.9 Å². The lowest BCUT2D eigenvalue weighted by Crippen LogP contribution is -2.36. The number of para-hydroxylation sites is 1. The summed E-state index contributed by atoms with van der Waals surface area (Å²) in [4.78, 5) is 24.2. The van der Waals surface area contributed by atoms with E-state index in [4.69, 9.17) is 9.39 Å². The first-order valence-electron chi connectivity index (χ1n) is 9.11. The van der Waals surface area contributed by atoms with Crippen LogP contribution in [0.4, 0.5) is 0 Å². The molecule has 0 saturated heterocycles. The zero-order valence-corrected chi connectivity index (χ0v) is 15.3. The van der Waals surface area contributed by atoms with Crippen molar-refractivity contribution in [2.45, 2.75) is 58.7 Å². The lowest BCUT2D eigenvalue weighted by molar-refractivity contribution is -0.119. The van der Waals surface area contributed by atoms with E-state index in [9.17, 15) is 14.6 Å². The summed E-state index contributed by atoms with van der Waals surface area (Å²) < 4.78 is 11.0. The van der Waals surface area contributed by atoms with Gasteiger partial charge in [0.05, 0.1) is 6.61 Å². The monoisotopic (exact) mass is 346 g/mol. The summed E-state index contributed by atoms with van der Waals surface area (Å²) in [6.45, 7) is 6.38. The third kappa shape index (κ3) is 5.08. The van der Waals surface area contributed by atoms with Crippen LogP contribution < -0.4 is 4.65 Å². The van der Waals surface area contributed by atoms with Crippen LogP contribution in [0.3, 0.4) is 0 Å². The van der Waals surface area contributed by atoms with Crippen LogP contribution in [0.5, 0.6) is 5.75 Å². The fraction of sp³-hybridized carbons (Fsp3) is 0.579. The third-order valence-corrected chi connectivity index (χ3v) is 4.66. The summed E-state index contributed by atoms with van der Waals surface area (Å²) in [6.07, 6.45) is 3.04. The molecule has 0 fully saturated rings. The highest BCUT2D eigenvalue weighted by atomic mass is 16.5. The lowest BCUT2D eigenvalue weighted by atomic mass is 9.64. The molecule has 0 aliphatic carbocycles. The predicted octanol–water partition coefficient (Wildman–Crippen LogP) is 3.43. The normalized spacial score (nSPS) is 17.4. The fourth-order valence-electron chi connectivity index (χ4n) is 2.91. The number of rotatable bonds is 8. The Morgan fingerprint density at radius 2 is 2.16 bits per heavy atom. The number of ether oxygens (including phenoxy) is 1. The smallest absolute Gasteiger partial charge is 0.526 e. The van der Waals surface area contributed by atoms with Crippen molar-refractivity contribution in [1.29, 1.82) is 0 Å². The molecule has 1 aliphatic heterocycles. The van der Waals surface area contributed by atoms with E-state index in [1.807, 2.05) is 26.8 Å². The fourth-order valence-corrected chi connectivity index (χ4v) is 2.91. The van der Waals surface area contributed by atoms with E-state index in [0.717, 1.165) is 18.4 Å². The predicted molar refractivity (Wildman–Crippen MR) is 96.8 cm³/mol. The van der Waals surface area contributed by atoms with Gasteiger partial charge in [0.25, 0.3) is 0 Å². The Kier molecular flexibility index (Phi) is 7.06. The maximum absolute atomic E-state index is 12.4. The number of fused-ring (bicyclic) bond motifs is 1. The molecule has 25 heavy (non-hydrogen) atoms. The van der Waals surface area contributed by atoms with Gasteiger partial charge in [-0.15, -0.1) is 0 Å². The minimum Gasteiger partial charge on any atom is -0.535 e. The number of ketones is 1. The van der Waals surface area contributed by atoms with Crippen molar-refractivity contribution in [2.75, 3.05) is 6.61 Å². The van der Waals surface area contributed by atoms with Crippen molar-refractivity contribution in [2.24, 2.45) is 5.92 Å².